The van der Waals surface area contributed by atoms with Crippen molar-refractivity contribution in [2.45, 2.75) is 52.6 Å². The molecule has 1 aliphatic rings. The van der Waals surface area contributed by atoms with Gasteiger partial charge in [-0.1, -0.05) is 39.3 Å². The van der Waals surface area contributed by atoms with Gasteiger partial charge in [-0.3, -0.25) is 0 Å². The molecule has 1 aliphatic carbocycles. The maximum Gasteiger partial charge on any atom is 0.135 e. The van der Waals surface area contributed by atoms with Crippen molar-refractivity contribution in [2.24, 2.45) is 21.9 Å². The Hall–Kier alpha value is -2.29. The van der Waals surface area contributed by atoms with Crippen LogP contribution in [0.4, 0.5) is 11.4 Å². The minimum Gasteiger partial charge on any atom is -0.508 e. The lowest BCUT2D eigenvalue weighted by atomic mass is 9.84. The quantitative estimate of drug-likeness (QED) is 0.269. The van der Waals surface area contributed by atoms with Gasteiger partial charge in [0.2, 0.25) is 0 Å². The van der Waals surface area contributed by atoms with E-state index in [9.17, 15) is 5.11 Å². The predicted molar refractivity (Wildman–Crippen MR) is 136 cm³/mol. The molecule has 0 amide bonds. The molecule has 1 aromatic carbocycles. The molecule has 9 heteroatoms. The molecule has 7 nitrogen and oxygen atoms in total. The summed E-state index contributed by atoms with van der Waals surface area (Å²) in [5.74, 6) is 0.346. The second kappa shape index (κ2) is 9.68. The van der Waals surface area contributed by atoms with Gasteiger partial charge in [-0.05, 0) is 52.4 Å². The van der Waals surface area contributed by atoms with E-state index in [0.29, 0.717) is 16.3 Å². The topological polar surface area (TPSA) is 114 Å². The number of amidine groups is 1. The zero-order chi connectivity index (χ0) is 23.6. The summed E-state index contributed by atoms with van der Waals surface area (Å²) < 4.78 is 2.70. The Morgan fingerprint density at radius 3 is 2.66 bits per heavy atom. The monoisotopic (exact) mass is 520 g/mol. The van der Waals surface area contributed by atoms with E-state index in [1.54, 1.807) is 16.8 Å². The van der Waals surface area contributed by atoms with Gasteiger partial charge in [-0.15, -0.1) is 0 Å². The SMILES string of the molecule is CC.CC1(C)C(N)CCC1Nc1c(C(N)=Nc2ccc(O)cc2Cl)cnn2cc(Br)cc12. The number of nitrogens with two attached hydrogens (primary N) is 2. The Balaban J connectivity index is 0.00000141. The smallest absolute Gasteiger partial charge is 0.135 e. The van der Waals surface area contributed by atoms with E-state index in [1.807, 2.05) is 26.1 Å². The molecule has 3 aromatic rings. The average molecular weight is 522 g/mol. The lowest BCUT2D eigenvalue weighted by molar-refractivity contribution is 0.308. The molecule has 1 saturated carbocycles. The normalized spacial score (nSPS) is 20.2. The van der Waals surface area contributed by atoms with Crippen LogP contribution in [-0.2, 0) is 0 Å². The number of phenols is 1. The Kier molecular flexibility index (Phi) is 7.37. The van der Waals surface area contributed by atoms with E-state index in [1.165, 1.54) is 12.1 Å². The van der Waals surface area contributed by atoms with Gasteiger partial charge in [0.15, 0.2) is 0 Å². The molecule has 2 atom stereocenters. The van der Waals surface area contributed by atoms with E-state index in [-0.39, 0.29) is 29.1 Å². The van der Waals surface area contributed by atoms with Crippen molar-refractivity contribution in [1.82, 2.24) is 9.61 Å². The van der Waals surface area contributed by atoms with Gasteiger partial charge in [0.05, 0.1) is 33.7 Å². The Morgan fingerprint density at radius 1 is 1.31 bits per heavy atom. The van der Waals surface area contributed by atoms with Crippen LogP contribution < -0.4 is 16.8 Å². The average Bonchev–Trinajstić information content (AvgIpc) is 3.25. The first-order valence-corrected chi connectivity index (χ1v) is 11.9. The number of nitrogens with zero attached hydrogens (tertiary/aromatic N) is 3. The molecule has 0 saturated heterocycles. The number of benzene rings is 1. The molecule has 0 bridgehead atoms. The van der Waals surface area contributed by atoms with Gasteiger partial charge in [0.25, 0.3) is 0 Å². The third-order valence-electron chi connectivity index (χ3n) is 5.99. The maximum atomic E-state index is 9.58. The third-order valence-corrected chi connectivity index (χ3v) is 6.73. The summed E-state index contributed by atoms with van der Waals surface area (Å²) in [4.78, 5) is 4.50. The van der Waals surface area contributed by atoms with E-state index in [4.69, 9.17) is 23.1 Å². The molecule has 172 valence electrons. The number of aromatic hydroxyl groups is 1. The van der Waals surface area contributed by atoms with Gasteiger partial charge in [-0.25, -0.2) is 9.51 Å². The Bertz CT molecular complexity index is 1140. The van der Waals surface area contributed by atoms with Crippen LogP contribution in [0.25, 0.3) is 5.52 Å². The zero-order valence-corrected chi connectivity index (χ0v) is 21.1. The van der Waals surface area contributed by atoms with Crippen molar-refractivity contribution in [3.05, 3.63) is 51.7 Å². The van der Waals surface area contributed by atoms with Crippen LogP contribution in [0.3, 0.4) is 0 Å². The number of anilines is 1. The molecule has 32 heavy (non-hydrogen) atoms. The molecule has 2 heterocycles. The van der Waals surface area contributed by atoms with Gasteiger partial charge in [0, 0.05) is 28.8 Å². The number of nitrogens with one attached hydrogen (secondary N) is 1. The van der Waals surface area contributed by atoms with E-state index < -0.39 is 0 Å². The van der Waals surface area contributed by atoms with Crippen LogP contribution in [0, 0.1) is 5.41 Å². The highest BCUT2D eigenvalue weighted by molar-refractivity contribution is 9.10. The van der Waals surface area contributed by atoms with Crippen molar-refractivity contribution >= 4 is 50.3 Å². The zero-order valence-electron chi connectivity index (χ0n) is 18.7. The fourth-order valence-corrected chi connectivity index (χ4v) is 4.56. The van der Waals surface area contributed by atoms with Crippen LogP contribution in [0.1, 0.15) is 46.1 Å². The van der Waals surface area contributed by atoms with Crippen LogP contribution >= 0.6 is 27.5 Å². The van der Waals surface area contributed by atoms with Crippen molar-refractivity contribution in [1.29, 1.82) is 0 Å². The molecular formula is C23H30BrClN6O. The van der Waals surface area contributed by atoms with Gasteiger partial charge in [0.1, 0.15) is 11.6 Å². The molecule has 4 rings (SSSR count). The highest BCUT2D eigenvalue weighted by Gasteiger charge is 2.41. The van der Waals surface area contributed by atoms with Crippen molar-refractivity contribution < 1.29 is 5.11 Å². The highest BCUT2D eigenvalue weighted by atomic mass is 79.9. The van der Waals surface area contributed by atoms with Crippen molar-refractivity contribution in [3.63, 3.8) is 0 Å². The van der Waals surface area contributed by atoms with Gasteiger partial charge < -0.3 is 21.9 Å². The highest BCUT2D eigenvalue weighted by Crippen LogP contribution is 2.40. The van der Waals surface area contributed by atoms with Crippen LogP contribution in [-0.4, -0.2) is 32.6 Å². The molecular weight excluding hydrogens is 492 g/mol. The molecule has 0 radical (unpaired) electrons. The number of aliphatic imine (C=N–C) groups is 1. The molecule has 1 fully saturated rings. The predicted octanol–water partition coefficient (Wildman–Crippen LogP) is 5.45. The number of halogens is 2. The number of hydrogen-bond donors (Lipinski definition) is 4. The van der Waals surface area contributed by atoms with E-state index in [0.717, 1.165) is 28.5 Å². The van der Waals surface area contributed by atoms with E-state index >= 15 is 0 Å². The van der Waals surface area contributed by atoms with Crippen LogP contribution in [0.15, 0.2) is 46.1 Å². The first kappa shape index (κ1) is 24.4. The summed E-state index contributed by atoms with van der Waals surface area (Å²) in [6.07, 6.45) is 5.50. The van der Waals surface area contributed by atoms with Crippen LogP contribution in [0.2, 0.25) is 5.02 Å². The van der Waals surface area contributed by atoms with Crippen molar-refractivity contribution in [2.75, 3.05) is 5.32 Å². The number of phenolic OH excluding ortho intramolecular Hbond substituents is 1. The fraction of sp³-hybridized carbons (Fsp3) is 0.391. The third kappa shape index (κ3) is 4.72. The minimum absolute atomic E-state index is 0.0702. The first-order chi connectivity index (χ1) is 15.2. The van der Waals surface area contributed by atoms with E-state index in [2.05, 4.69) is 45.2 Å². The summed E-state index contributed by atoms with van der Waals surface area (Å²) in [5.41, 5.74) is 15.6. The fourth-order valence-electron chi connectivity index (χ4n) is 3.93. The second-order valence-corrected chi connectivity index (χ2v) is 9.58. The van der Waals surface area contributed by atoms with Crippen LogP contribution in [0.5, 0.6) is 5.75 Å². The molecule has 0 spiro atoms. The molecule has 6 N–H and O–H groups in total. The number of fused-ring (bicyclic) bond motifs is 1. The molecule has 2 aromatic heterocycles. The standard InChI is InChI=1S/C21H24BrClN6O.C2H6/c1-21(2)17(24)5-6-18(21)28-19-13(9-26-29-10-11(22)7-16(19)29)20(25)27-15-4-3-12(30)8-14(15)23;1-2/h3-4,7-10,17-18,28,30H,5-6,24H2,1-2H3,(H2,25,27);1-2H3. The lowest BCUT2D eigenvalue weighted by Gasteiger charge is -2.32. The number of aromatic nitrogens is 2. The van der Waals surface area contributed by atoms with Gasteiger partial charge in [-0.2, -0.15) is 5.10 Å². The largest absolute Gasteiger partial charge is 0.508 e. The first-order valence-electron chi connectivity index (χ1n) is 10.7. The summed E-state index contributed by atoms with van der Waals surface area (Å²) in [5, 5.41) is 18.1. The minimum atomic E-state index is -0.0759. The Labute approximate surface area is 202 Å². The summed E-state index contributed by atoms with van der Waals surface area (Å²) in [7, 11) is 0. The van der Waals surface area contributed by atoms with Crippen molar-refractivity contribution in [3.8, 4) is 5.75 Å². The summed E-state index contributed by atoms with van der Waals surface area (Å²) >= 11 is 9.74. The summed E-state index contributed by atoms with van der Waals surface area (Å²) in [6, 6.07) is 6.86. The number of hydrogen-bond acceptors (Lipinski definition) is 5. The maximum absolute atomic E-state index is 9.58. The van der Waals surface area contributed by atoms with Gasteiger partial charge >= 0.3 is 0 Å². The summed E-state index contributed by atoms with van der Waals surface area (Å²) in [6.45, 7) is 8.37. The lowest BCUT2D eigenvalue weighted by Crippen LogP contribution is -2.42. The second-order valence-electron chi connectivity index (χ2n) is 8.26. The molecule has 2 unspecified atom stereocenters. The Morgan fingerprint density at radius 2 is 2.03 bits per heavy atom. The molecule has 0 aliphatic heterocycles. The number of rotatable bonds is 4.